The summed E-state index contributed by atoms with van der Waals surface area (Å²) in [5.74, 6) is -2.45. The molecular formula is C25H23F5N4O3. The minimum absolute atomic E-state index is 0.0927. The first-order valence-corrected chi connectivity index (χ1v) is 11.8. The number of ether oxygens (including phenoxy) is 1. The zero-order valence-electron chi connectivity index (χ0n) is 19.5. The normalized spacial score (nSPS) is 20.8. The van der Waals surface area contributed by atoms with Crippen molar-refractivity contribution in [2.75, 3.05) is 39.4 Å². The minimum atomic E-state index is -4.51. The van der Waals surface area contributed by atoms with Crippen LogP contribution in [-0.2, 0) is 10.9 Å². The molecule has 2 amide bonds. The van der Waals surface area contributed by atoms with Crippen LogP contribution in [-0.4, -0.2) is 65.4 Å². The van der Waals surface area contributed by atoms with E-state index in [1.807, 2.05) is 0 Å². The first-order valence-electron chi connectivity index (χ1n) is 11.8. The predicted octanol–water partition coefficient (Wildman–Crippen LogP) is 5.06. The van der Waals surface area contributed by atoms with Gasteiger partial charge in [-0.2, -0.15) is 18.2 Å². The maximum atomic E-state index is 14.2. The lowest BCUT2D eigenvalue weighted by molar-refractivity contribution is -0.137. The molecule has 3 aromatic rings. The van der Waals surface area contributed by atoms with E-state index < -0.39 is 35.2 Å². The van der Waals surface area contributed by atoms with Gasteiger partial charge in [0.1, 0.15) is 11.6 Å². The van der Waals surface area contributed by atoms with Gasteiger partial charge in [0.25, 0.3) is 0 Å². The largest absolute Gasteiger partial charge is 0.416 e. The molecule has 0 N–H and O–H groups in total. The Hall–Kier alpha value is -3.54. The third-order valence-corrected chi connectivity index (χ3v) is 6.65. The molecule has 2 fully saturated rings. The number of hydrogen-bond donors (Lipinski definition) is 0. The lowest BCUT2D eigenvalue weighted by atomic mass is 9.84. The van der Waals surface area contributed by atoms with Crippen molar-refractivity contribution in [1.29, 1.82) is 0 Å². The molecule has 2 atom stereocenters. The maximum absolute atomic E-state index is 14.2. The first-order chi connectivity index (χ1) is 17.7. The molecule has 0 bridgehead atoms. The zero-order chi connectivity index (χ0) is 26.2. The van der Waals surface area contributed by atoms with Crippen molar-refractivity contribution in [3.63, 3.8) is 0 Å². The van der Waals surface area contributed by atoms with E-state index in [1.165, 1.54) is 6.07 Å². The molecule has 2 aliphatic heterocycles. The van der Waals surface area contributed by atoms with E-state index in [2.05, 4.69) is 10.1 Å². The minimum Gasteiger partial charge on any atom is -0.378 e. The van der Waals surface area contributed by atoms with Gasteiger partial charge in [-0.15, -0.1) is 0 Å². The predicted molar refractivity (Wildman–Crippen MR) is 121 cm³/mol. The summed E-state index contributed by atoms with van der Waals surface area (Å²) in [6.07, 6.45) is -4.19. The number of halogens is 5. The number of likely N-dealkylation sites (tertiary alicyclic amines) is 1. The van der Waals surface area contributed by atoms with Gasteiger partial charge in [0.15, 0.2) is 0 Å². The molecule has 2 aromatic carbocycles. The Bertz CT molecular complexity index is 1280. The van der Waals surface area contributed by atoms with Crippen LogP contribution in [0.3, 0.4) is 0 Å². The summed E-state index contributed by atoms with van der Waals surface area (Å²) in [7, 11) is 0. The van der Waals surface area contributed by atoms with Gasteiger partial charge in [-0.25, -0.2) is 13.6 Å². The Morgan fingerprint density at radius 1 is 0.973 bits per heavy atom. The van der Waals surface area contributed by atoms with Crippen molar-refractivity contribution in [2.45, 2.75) is 24.4 Å². The molecule has 37 heavy (non-hydrogen) atoms. The van der Waals surface area contributed by atoms with Crippen molar-refractivity contribution in [1.82, 2.24) is 19.9 Å². The number of aromatic nitrogens is 2. The summed E-state index contributed by atoms with van der Waals surface area (Å²) in [6.45, 7) is 1.97. The van der Waals surface area contributed by atoms with E-state index >= 15 is 0 Å². The summed E-state index contributed by atoms with van der Waals surface area (Å²) in [5.41, 5.74) is -0.531. The highest BCUT2D eigenvalue weighted by molar-refractivity contribution is 5.75. The van der Waals surface area contributed by atoms with E-state index in [0.29, 0.717) is 38.3 Å². The average molecular weight is 522 g/mol. The molecule has 3 heterocycles. The van der Waals surface area contributed by atoms with Crippen molar-refractivity contribution < 1.29 is 36.0 Å². The SMILES string of the molecule is O=C(N1CCOCC1)N1CC(c2cccc(C(F)(F)F)c2)CC(c2nc(-c3cc(F)ccc3F)no2)C1. The fourth-order valence-electron chi connectivity index (χ4n) is 4.78. The zero-order valence-corrected chi connectivity index (χ0v) is 19.5. The number of benzene rings is 2. The van der Waals surface area contributed by atoms with Crippen LogP contribution in [0, 0.1) is 11.6 Å². The second-order valence-electron chi connectivity index (χ2n) is 9.12. The van der Waals surface area contributed by atoms with Crippen molar-refractivity contribution in [3.8, 4) is 11.4 Å². The van der Waals surface area contributed by atoms with Crippen LogP contribution in [0.1, 0.15) is 35.3 Å². The number of carbonyl (C=O) groups is 1. The van der Waals surface area contributed by atoms with Crippen molar-refractivity contribution in [3.05, 3.63) is 71.1 Å². The van der Waals surface area contributed by atoms with Gasteiger partial charge in [-0.1, -0.05) is 23.4 Å². The summed E-state index contributed by atoms with van der Waals surface area (Å²) in [5, 5.41) is 3.80. The summed E-state index contributed by atoms with van der Waals surface area (Å²) < 4.78 is 78.8. The van der Waals surface area contributed by atoms with Crippen LogP contribution in [0.25, 0.3) is 11.4 Å². The summed E-state index contributed by atoms with van der Waals surface area (Å²) in [6, 6.07) is 7.63. The Kier molecular flexibility index (Phi) is 6.84. The molecule has 12 heteroatoms. The van der Waals surface area contributed by atoms with Gasteiger partial charge < -0.3 is 19.1 Å². The van der Waals surface area contributed by atoms with Crippen LogP contribution in [0.15, 0.2) is 47.0 Å². The highest BCUT2D eigenvalue weighted by atomic mass is 19.4. The number of carbonyl (C=O) groups excluding carboxylic acids is 1. The van der Waals surface area contributed by atoms with Gasteiger partial charge in [0.2, 0.25) is 11.7 Å². The summed E-state index contributed by atoms with van der Waals surface area (Å²) in [4.78, 5) is 20.8. The fourth-order valence-corrected chi connectivity index (χ4v) is 4.78. The monoisotopic (exact) mass is 522 g/mol. The number of rotatable bonds is 3. The molecule has 1 aromatic heterocycles. The maximum Gasteiger partial charge on any atom is 0.416 e. The molecule has 7 nitrogen and oxygen atoms in total. The highest BCUT2D eigenvalue weighted by Crippen LogP contribution is 2.38. The molecule has 2 saturated heterocycles. The number of nitrogens with zero attached hydrogens (tertiary/aromatic N) is 4. The lowest BCUT2D eigenvalue weighted by Gasteiger charge is -2.40. The molecular weight excluding hydrogens is 499 g/mol. The van der Waals surface area contributed by atoms with Crippen LogP contribution in [0.2, 0.25) is 0 Å². The van der Waals surface area contributed by atoms with Crippen molar-refractivity contribution >= 4 is 6.03 Å². The molecule has 0 aliphatic carbocycles. The van der Waals surface area contributed by atoms with Crippen LogP contribution >= 0.6 is 0 Å². The summed E-state index contributed by atoms with van der Waals surface area (Å²) >= 11 is 0. The van der Waals surface area contributed by atoms with Crippen LogP contribution in [0.5, 0.6) is 0 Å². The van der Waals surface area contributed by atoms with Gasteiger partial charge in [0, 0.05) is 32.1 Å². The number of alkyl halides is 3. The third kappa shape index (κ3) is 5.43. The fraction of sp³-hybridized carbons (Fsp3) is 0.400. The number of amides is 2. The van der Waals surface area contributed by atoms with Gasteiger partial charge in [0.05, 0.1) is 30.3 Å². The topological polar surface area (TPSA) is 71.7 Å². The van der Waals surface area contributed by atoms with Crippen molar-refractivity contribution in [2.24, 2.45) is 0 Å². The lowest BCUT2D eigenvalue weighted by Crippen LogP contribution is -2.52. The molecule has 196 valence electrons. The molecule has 2 aliphatic rings. The van der Waals surface area contributed by atoms with E-state index in [4.69, 9.17) is 9.26 Å². The molecule has 5 rings (SSSR count). The van der Waals surface area contributed by atoms with E-state index in [1.54, 1.807) is 15.9 Å². The van der Waals surface area contributed by atoms with E-state index in [9.17, 15) is 26.7 Å². The Balaban J connectivity index is 1.46. The molecule has 2 unspecified atom stereocenters. The van der Waals surface area contributed by atoms with Gasteiger partial charge in [-0.3, -0.25) is 0 Å². The number of hydrogen-bond acceptors (Lipinski definition) is 5. The number of urea groups is 1. The quantitative estimate of drug-likeness (QED) is 0.450. The Morgan fingerprint density at radius 3 is 2.49 bits per heavy atom. The second kappa shape index (κ2) is 10.1. The van der Waals surface area contributed by atoms with Gasteiger partial charge >= 0.3 is 12.2 Å². The number of piperidine rings is 1. The third-order valence-electron chi connectivity index (χ3n) is 6.65. The van der Waals surface area contributed by atoms with Crippen LogP contribution < -0.4 is 0 Å². The first kappa shape index (κ1) is 25.1. The Morgan fingerprint density at radius 2 is 1.73 bits per heavy atom. The second-order valence-corrected chi connectivity index (χ2v) is 9.12. The molecule has 0 radical (unpaired) electrons. The van der Waals surface area contributed by atoms with E-state index in [0.717, 1.165) is 30.3 Å². The smallest absolute Gasteiger partial charge is 0.378 e. The highest BCUT2D eigenvalue weighted by Gasteiger charge is 2.38. The molecule has 0 spiro atoms. The number of morpholine rings is 1. The van der Waals surface area contributed by atoms with Crippen LogP contribution in [0.4, 0.5) is 26.7 Å². The Labute approximate surface area is 208 Å². The van der Waals surface area contributed by atoms with E-state index in [-0.39, 0.29) is 36.4 Å². The molecule has 0 saturated carbocycles. The average Bonchev–Trinajstić information content (AvgIpc) is 3.40. The standard InChI is InChI=1S/C25H23F5N4O3/c26-19-4-5-21(27)20(12-19)22-31-23(37-32-22)17-10-16(15-2-1-3-18(11-15)25(28,29)30)13-34(14-17)24(35)33-6-8-36-9-7-33/h1-5,11-12,16-17H,6-10,13-14H2. The van der Waals surface area contributed by atoms with Gasteiger partial charge in [-0.05, 0) is 36.2 Å².